The average molecular weight is 314 g/mol. The Labute approximate surface area is 126 Å². The number of anilines is 1. The van der Waals surface area contributed by atoms with Crippen molar-refractivity contribution in [2.75, 3.05) is 18.4 Å². The summed E-state index contributed by atoms with van der Waals surface area (Å²) >= 11 is 5.72. The highest BCUT2D eigenvalue weighted by molar-refractivity contribution is 6.33. The molecule has 0 aliphatic carbocycles. The van der Waals surface area contributed by atoms with E-state index in [0.29, 0.717) is 6.54 Å². The lowest BCUT2D eigenvalue weighted by atomic mass is 10.2. The summed E-state index contributed by atoms with van der Waals surface area (Å²) in [5, 5.41) is 16.4. The molecule has 0 heterocycles. The maximum atomic E-state index is 11.6. The zero-order valence-electron chi connectivity index (χ0n) is 11.4. The molecular weight excluding hydrogens is 298 g/mol. The highest BCUT2D eigenvalue weighted by Crippen LogP contribution is 2.20. The van der Waals surface area contributed by atoms with E-state index in [0.717, 1.165) is 6.42 Å². The van der Waals surface area contributed by atoms with Crippen molar-refractivity contribution in [2.45, 2.75) is 13.3 Å². The molecule has 114 valence electrons. The monoisotopic (exact) mass is 313 g/mol. The van der Waals surface area contributed by atoms with Gasteiger partial charge in [0, 0.05) is 12.2 Å². The molecule has 0 saturated heterocycles. The van der Waals surface area contributed by atoms with Gasteiger partial charge in [-0.2, -0.15) is 0 Å². The van der Waals surface area contributed by atoms with Crippen molar-refractivity contribution < 1.29 is 19.5 Å². The van der Waals surface area contributed by atoms with Crippen molar-refractivity contribution >= 4 is 35.2 Å². The molecule has 0 bridgehead atoms. The molecule has 0 spiro atoms. The lowest BCUT2D eigenvalue weighted by Crippen LogP contribution is -2.39. The normalized spacial score (nSPS) is 9.81. The third kappa shape index (κ3) is 5.70. The van der Waals surface area contributed by atoms with E-state index in [2.05, 4.69) is 16.0 Å². The summed E-state index contributed by atoms with van der Waals surface area (Å²) in [5.74, 6) is -1.49. The lowest BCUT2D eigenvalue weighted by molar-refractivity contribution is -0.120. The predicted molar refractivity (Wildman–Crippen MR) is 78.7 cm³/mol. The molecule has 0 fully saturated rings. The van der Waals surface area contributed by atoms with Crippen molar-refractivity contribution in [2.24, 2.45) is 0 Å². The fourth-order valence-corrected chi connectivity index (χ4v) is 1.63. The number of hydrogen-bond donors (Lipinski definition) is 4. The topological polar surface area (TPSA) is 108 Å². The van der Waals surface area contributed by atoms with Gasteiger partial charge in [0.1, 0.15) is 0 Å². The minimum Gasteiger partial charge on any atom is -0.478 e. The number of halogens is 1. The molecular formula is C13H16ClN3O4. The van der Waals surface area contributed by atoms with Gasteiger partial charge in [0.2, 0.25) is 5.91 Å². The Hall–Kier alpha value is -2.28. The number of aromatic carboxylic acids is 1. The van der Waals surface area contributed by atoms with Crippen LogP contribution in [0.1, 0.15) is 23.7 Å². The Bertz CT molecular complexity index is 548. The first-order valence-corrected chi connectivity index (χ1v) is 6.66. The second-order valence-electron chi connectivity index (χ2n) is 4.16. The maximum Gasteiger partial charge on any atom is 0.337 e. The van der Waals surface area contributed by atoms with Crippen molar-refractivity contribution in [1.29, 1.82) is 0 Å². The molecule has 7 nitrogen and oxygen atoms in total. The van der Waals surface area contributed by atoms with E-state index in [9.17, 15) is 14.4 Å². The van der Waals surface area contributed by atoms with E-state index in [-0.39, 0.29) is 28.7 Å². The third-order valence-corrected chi connectivity index (χ3v) is 2.77. The third-order valence-electron chi connectivity index (χ3n) is 2.44. The molecule has 21 heavy (non-hydrogen) atoms. The van der Waals surface area contributed by atoms with Gasteiger partial charge in [-0.05, 0) is 24.6 Å². The standard InChI is InChI=1S/C13H16ClN3O4/c1-2-5-15-11(18)7-16-13(21)17-8-3-4-10(14)9(6-8)12(19)20/h3-4,6H,2,5,7H2,1H3,(H,15,18)(H,19,20)(H2,16,17,21). The maximum absolute atomic E-state index is 11.6. The first-order chi connectivity index (χ1) is 9.93. The molecule has 1 rings (SSSR count). The lowest BCUT2D eigenvalue weighted by Gasteiger charge is -2.09. The number of carbonyl (C=O) groups excluding carboxylic acids is 2. The molecule has 0 aromatic heterocycles. The second-order valence-corrected chi connectivity index (χ2v) is 4.56. The van der Waals surface area contributed by atoms with E-state index in [1.807, 2.05) is 6.92 Å². The smallest absolute Gasteiger partial charge is 0.337 e. The van der Waals surface area contributed by atoms with Gasteiger partial charge in [0.05, 0.1) is 17.1 Å². The van der Waals surface area contributed by atoms with Gasteiger partial charge < -0.3 is 21.1 Å². The van der Waals surface area contributed by atoms with Crippen LogP contribution in [0.25, 0.3) is 0 Å². The first-order valence-electron chi connectivity index (χ1n) is 6.28. The Morgan fingerprint density at radius 1 is 1.24 bits per heavy atom. The molecule has 0 unspecified atom stereocenters. The van der Waals surface area contributed by atoms with Crippen LogP contribution in [-0.2, 0) is 4.79 Å². The van der Waals surface area contributed by atoms with Gasteiger partial charge >= 0.3 is 12.0 Å². The molecule has 4 N–H and O–H groups in total. The quantitative estimate of drug-likeness (QED) is 0.641. The number of rotatable bonds is 6. The number of benzene rings is 1. The zero-order valence-corrected chi connectivity index (χ0v) is 12.2. The first kappa shape index (κ1) is 16.8. The van der Waals surface area contributed by atoms with E-state index >= 15 is 0 Å². The summed E-state index contributed by atoms with van der Waals surface area (Å²) in [4.78, 5) is 33.8. The summed E-state index contributed by atoms with van der Waals surface area (Å²) < 4.78 is 0. The molecule has 0 atom stereocenters. The van der Waals surface area contributed by atoms with E-state index in [1.54, 1.807) is 0 Å². The highest BCUT2D eigenvalue weighted by Gasteiger charge is 2.11. The zero-order chi connectivity index (χ0) is 15.8. The number of carbonyl (C=O) groups is 3. The van der Waals surface area contributed by atoms with Gasteiger partial charge in [-0.15, -0.1) is 0 Å². The number of carboxylic acid groups (broad SMARTS) is 1. The van der Waals surface area contributed by atoms with E-state index < -0.39 is 12.0 Å². The van der Waals surface area contributed by atoms with Gasteiger partial charge in [-0.1, -0.05) is 18.5 Å². The van der Waals surface area contributed by atoms with Crippen LogP contribution < -0.4 is 16.0 Å². The van der Waals surface area contributed by atoms with Crippen molar-refractivity contribution in [1.82, 2.24) is 10.6 Å². The number of amides is 3. The van der Waals surface area contributed by atoms with Crippen LogP contribution in [0.15, 0.2) is 18.2 Å². The molecule has 0 radical (unpaired) electrons. The number of hydrogen-bond acceptors (Lipinski definition) is 3. The van der Waals surface area contributed by atoms with Crippen molar-refractivity contribution in [3.05, 3.63) is 28.8 Å². The minimum absolute atomic E-state index is 0.0763. The number of urea groups is 1. The molecule has 0 saturated carbocycles. The van der Waals surface area contributed by atoms with Gasteiger partial charge in [0.15, 0.2) is 0 Å². The largest absolute Gasteiger partial charge is 0.478 e. The van der Waals surface area contributed by atoms with Crippen molar-refractivity contribution in [3.63, 3.8) is 0 Å². The van der Waals surface area contributed by atoms with Crippen LogP contribution in [-0.4, -0.2) is 36.1 Å². The predicted octanol–water partition coefficient (Wildman–Crippen LogP) is 1.69. The minimum atomic E-state index is -1.19. The fraction of sp³-hybridized carbons (Fsp3) is 0.308. The Morgan fingerprint density at radius 2 is 1.95 bits per heavy atom. The van der Waals surface area contributed by atoms with Crippen LogP contribution in [0.2, 0.25) is 5.02 Å². The molecule has 3 amide bonds. The fourth-order valence-electron chi connectivity index (χ4n) is 1.43. The van der Waals surface area contributed by atoms with Crippen LogP contribution >= 0.6 is 11.6 Å². The summed E-state index contributed by atoms with van der Waals surface area (Å²) in [6.45, 7) is 2.30. The van der Waals surface area contributed by atoms with Crippen LogP contribution in [0.5, 0.6) is 0 Å². The molecule has 1 aromatic carbocycles. The summed E-state index contributed by atoms with van der Waals surface area (Å²) in [7, 11) is 0. The van der Waals surface area contributed by atoms with Gasteiger partial charge in [0.25, 0.3) is 0 Å². The Morgan fingerprint density at radius 3 is 2.57 bits per heavy atom. The Balaban J connectivity index is 2.53. The van der Waals surface area contributed by atoms with E-state index in [4.69, 9.17) is 16.7 Å². The Kier molecular flexibility index (Phi) is 6.48. The van der Waals surface area contributed by atoms with Gasteiger partial charge in [-0.25, -0.2) is 9.59 Å². The molecule has 1 aromatic rings. The summed E-state index contributed by atoms with van der Waals surface area (Å²) in [6, 6.07) is 3.46. The summed E-state index contributed by atoms with van der Waals surface area (Å²) in [5.41, 5.74) is 0.151. The summed E-state index contributed by atoms with van der Waals surface area (Å²) in [6.07, 6.45) is 0.806. The molecule has 0 aliphatic heterocycles. The number of nitrogens with one attached hydrogen (secondary N) is 3. The van der Waals surface area contributed by atoms with E-state index in [1.165, 1.54) is 18.2 Å². The van der Waals surface area contributed by atoms with Crippen LogP contribution in [0, 0.1) is 0 Å². The van der Waals surface area contributed by atoms with Gasteiger partial charge in [-0.3, -0.25) is 4.79 Å². The van der Waals surface area contributed by atoms with Crippen LogP contribution in [0.3, 0.4) is 0 Å². The second kappa shape index (κ2) is 8.11. The average Bonchev–Trinajstić information content (AvgIpc) is 2.44. The number of carboxylic acids is 1. The van der Waals surface area contributed by atoms with Crippen molar-refractivity contribution in [3.8, 4) is 0 Å². The van der Waals surface area contributed by atoms with Crippen LogP contribution in [0.4, 0.5) is 10.5 Å². The molecule has 0 aliphatic rings. The molecule has 8 heteroatoms. The highest BCUT2D eigenvalue weighted by atomic mass is 35.5. The SMILES string of the molecule is CCCNC(=O)CNC(=O)Nc1ccc(Cl)c(C(=O)O)c1.